The fourth-order valence-electron chi connectivity index (χ4n) is 3.48. The van der Waals surface area contributed by atoms with E-state index in [2.05, 4.69) is 22.3 Å². The molecule has 0 saturated carbocycles. The fourth-order valence-corrected chi connectivity index (χ4v) is 3.48. The molecule has 8 heteroatoms. The van der Waals surface area contributed by atoms with Gasteiger partial charge in [0.05, 0.1) is 12.2 Å². The Labute approximate surface area is 198 Å². The molecule has 3 aromatic rings. The maximum absolute atomic E-state index is 13.1. The number of carbonyl (C=O) groups is 2. The number of aliphatic hydroxyl groups is 1. The number of aromatic nitrogens is 2. The van der Waals surface area contributed by atoms with Gasteiger partial charge >= 0.3 is 0 Å². The summed E-state index contributed by atoms with van der Waals surface area (Å²) in [5, 5.41) is 16.9. The number of anilines is 1. The van der Waals surface area contributed by atoms with Crippen LogP contribution in [0.25, 0.3) is 0 Å². The lowest BCUT2D eigenvalue weighted by molar-refractivity contribution is -0.120. The molecule has 0 radical (unpaired) electrons. The van der Waals surface area contributed by atoms with Crippen LogP contribution in [0.15, 0.2) is 60.8 Å². The van der Waals surface area contributed by atoms with Crippen LogP contribution in [0.1, 0.15) is 35.5 Å². The second-order valence-electron chi connectivity index (χ2n) is 8.61. The van der Waals surface area contributed by atoms with E-state index in [9.17, 15) is 14.7 Å². The Balaban J connectivity index is 1.46. The predicted octanol–water partition coefficient (Wildman–Crippen LogP) is 2.21. The summed E-state index contributed by atoms with van der Waals surface area (Å²) in [6.07, 6.45) is 1.73. The standard InChI is InChI=1S/C26H26N4O4/c1-26(2,33)13-11-18-9-10-23-22(15-18)29(3)25(32)21(17-34-23)27-24(31)20-12-14-30(28-20)16-19-7-5-4-6-8-19/h4-10,12,14-15,21,33H,16-17H2,1-3H3,(H,27,31)/t21-/m1/s1. The summed E-state index contributed by atoms with van der Waals surface area (Å²) in [4.78, 5) is 27.3. The molecule has 0 bridgehead atoms. The van der Waals surface area contributed by atoms with Crippen LogP contribution in [0.4, 0.5) is 5.69 Å². The molecule has 34 heavy (non-hydrogen) atoms. The van der Waals surface area contributed by atoms with Crippen molar-refractivity contribution in [3.63, 3.8) is 0 Å². The van der Waals surface area contributed by atoms with Gasteiger partial charge in [0, 0.05) is 18.8 Å². The largest absolute Gasteiger partial charge is 0.489 e. The molecule has 2 heterocycles. The number of likely N-dealkylation sites (N-methyl/N-ethyl adjacent to an activating group) is 1. The third kappa shape index (κ3) is 5.45. The van der Waals surface area contributed by atoms with Crippen molar-refractivity contribution in [3.8, 4) is 17.6 Å². The average Bonchev–Trinajstić information content (AvgIpc) is 3.24. The molecule has 1 aliphatic rings. The number of benzene rings is 2. The lowest BCUT2D eigenvalue weighted by Gasteiger charge is -2.20. The minimum Gasteiger partial charge on any atom is -0.489 e. The van der Waals surface area contributed by atoms with Crippen molar-refractivity contribution in [2.24, 2.45) is 0 Å². The Bertz CT molecular complexity index is 1270. The molecule has 2 amide bonds. The van der Waals surface area contributed by atoms with Crippen molar-refractivity contribution in [2.45, 2.75) is 32.0 Å². The summed E-state index contributed by atoms with van der Waals surface area (Å²) < 4.78 is 7.50. The summed E-state index contributed by atoms with van der Waals surface area (Å²) in [6, 6.07) is 15.7. The molecule has 0 fully saturated rings. The molecule has 2 aromatic carbocycles. The highest BCUT2D eigenvalue weighted by Crippen LogP contribution is 2.31. The zero-order valence-electron chi connectivity index (χ0n) is 19.3. The first kappa shape index (κ1) is 23.1. The second-order valence-corrected chi connectivity index (χ2v) is 8.61. The topological polar surface area (TPSA) is 96.7 Å². The molecular formula is C26H26N4O4. The van der Waals surface area contributed by atoms with Crippen LogP contribution < -0.4 is 15.0 Å². The minimum atomic E-state index is -1.13. The molecule has 1 aliphatic heterocycles. The van der Waals surface area contributed by atoms with E-state index in [4.69, 9.17) is 4.74 Å². The smallest absolute Gasteiger partial charge is 0.272 e. The molecule has 1 aromatic heterocycles. The van der Waals surface area contributed by atoms with E-state index in [1.165, 1.54) is 4.90 Å². The van der Waals surface area contributed by atoms with Crippen molar-refractivity contribution in [1.82, 2.24) is 15.1 Å². The fraction of sp³-hybridized carbons (Fsp3) is 0.269. The van der Waals surface area contributed by atoms with Crippen molar-refractivity contribution in [1.29, 1.82) is 0 Å². The number of nitrogens with zero attached hydrogens (tertiary/aromatic N) is 3. The third-order valence-electron chi connectivity index (χ3n) is 5.23. The van der Waals surface area contributed by atoms with Crippen molar-refractivity contribution in [3.05, 3.63) is 77.6 Å². The van der Waals surface area contributed by atoms with Crippen LogP contribution in [-0.4, -0.2) is 52.0 Å². The molecule has 0 aliphatic carbocycles. The molecule has 1 atom stereocenters. The molecule has 4 rings (SSSR count). The van der Waals surface area contributed by atoms with Crippen LogP contribution >= 0.6 is 0 Å². The van der Waals surface area contributed by atoms with Gasteiger partial charge in [0.1, 0.15) is 29.7 Å². The average molecular weight is 459 g/mol. The number of nitrogens with one attached hydrogen (secondary N) is 1. The van der Waals surface area contributed by atoms with Crippen LogP contribution in [0.2, 0.25) is 0 Å². The Hall–Kier alpha value is -4.09. The van der Waals surface area contributed by atoms with E-state index in [0.717, 1.165) is 5.56 Å². The minimum absolute atomic E-state index is 0.0126. The van der Waals surface area contributed by atoms with E-state index in [1.807, 2.05) is 30.3 Å². The highest BCUT2D eigenvalue weighted by molar-refractivity contribution is 6.02. The molecule has 0 unspecified atom stereocenters. The Morgan fingerprint density at radius 1 is 1.24 bits per heavy atom. The van der Waals surface area contributed by atoms with Gasteiger partial charge in [-0.05, 0) is 43.7 Å². The molecule has 174 valence electrons. The maximum Gasteiger partial charge on any atom is 0.272 e. The summed E-state index contributed by atoms with van der Waals surface area (Å²) in [7, 11) is 1.62. The van der Waals surface area contributed by atoms with Crippen molar-refractivity contribution >= 4 is 17.5 Å². The molecular weight excluding hydrogens is 432 g/mol. The van der Waals surface area contributed by atoms with E-state index >= 15 is 0 Å². The van der Waals surface area contributed by atoms with Crippen LogP contribution in [0.5, 0.6) is 5.75 Å². The number of hydrogen-bond donors (Lipinski definition) is 2. The number of amides is 2. The van der Waals surface area contributed by atoms with Gasteiger partial charge in [0.2, 0.25) is 0 Å². The lowest BCUT2D eigenvalue weighted by Crippen LogP contribution is -2.49. The van der Waals surface area contributed by atoms with Crippen LogP contribution in [0, 0.1) is 11.8 Å². The van der Waals surface area contributed by atoms with E-state index in [-0.39, 0.29) is 18.2 Å². The van der Waals surface area contributed by atoms with Gasteiger partial charge in [0.15, 0.2) is 0 Å². The normalized spacial score (nSPS) is 15.5. The summed E-state index contributed by atoms with van der Waals surface area (Å²) in [5.41, 5.74) is 1.33. The number of carbonyl (C=O) groups excluding carboxylic acids is 2. The van der Waals surface area contributed by atoms with E-state index in [1.54, 1.807) is 56.0 Å². The van der Waals surface area contributed by atoms with Crippen molar-refractivity contribution < 1.29 is 19.4 Å². The SMILES string of the molecule is CN1C(=O)[C@H](NC(=O)c2ccn(Cc3ccccc3)n2)COc2ccc(C#CC(C)(C)O)cc21. The van der Waals surface area contributed by atoms with Gasteiger partial charge in [-0.15, -0.1) is 0 Å². The van der Waals surface area contributed by atoms with Gasteiger partial charge in [0.25, 0.3) is 11.8 Å². The second kappa shape index (κ2) is 9.41. The lowest BCUT2D eigenvalue weighted by atomic mass is 10.1. The number of fused-ring (bicyclic) bond motifs is 1. The predicted molar refractivity (Wildman–Crippen MR) is 128 cm³/mol. The molecule has 8 nitrogen and oxygen atoms in total. The zero-order valence-corrected chi connectivity index (χ0v) is 19.3. The Morgan fingerprint density at radius 2 is 2.00 bits per heavy atom. The first-order valence-electron chi connectivity index (χ1n) is 10.9. The monoisotopic (exact) mass is 458 g/mol. The Morgan fingerprint density at radius 3 is 2.74 bits per heavy atom. The van der Waals surface area contributed by atoms with Gasteiger partial charge in [-0.2, -0.15) is 5.10 Å². The van der Waals surface area contributed by atoms with Crippen LogP contribution in [-0.2, 0) is 11.3 Å². The van der Waals surface area contributed by atoms with E-state index in [0.29, 0.717) is 23.5 Å². The van der Waals surface area contributed by atoms with Crippen molar-refractivity contribution in [2.75, 3.05) is 18.6 Å². The number of ether oxygens (including phenoxy) is 1. The number of rotatable bonds is 4. The zero-order chi connectivity index (χ0) is 24.3. The Kier molecular flexibility index (Phi) is 6.39. The van der Waals surface area contributed by atoms with Gasteiger partial charge in [-0.3, -0.25) is 14.3 Å². The van der Waals surface area contributed by atoms with E-state index < -0.39 is 17.6 Å². The maximum atomic E-state index is 13.1. The highest BCUT2D eigenvalue weighted by atomic mass is 16.5. The summed E-state index contributed by atoms with van der Waals surface area (Å²) in [5.74, 6) is 5.39. The van der Waals surface area contributed by atoms with Gasteiger partial charge < -0.3 is 20.1 Å². The highest BCUT2D eigenvalue weighted by Gasteiger charge is 2.31. The summed E-state index contributed by atoms with van der Waals surface area (Å²) in [6.45, 7) is 3.72. The molecule has 2 N–H and O–H groups in total. The quantitative estimate of drug-likeness (QED) is 0.585. The summed E-state index contributed by atoms with van der Waals surface area (Å²) >= 11 is 0. The molecule has 0 spiro atoms. The van der Waals surface area contributed by atoms with Gasteiger partial charge in [-0.25, -0.2) is 0 Å². The molecule has 0 saturated heterocycles. The van der Waals surface area contributed by atoms with Gasteiger partial charge in [-0.1, -0.05) is 42.2 Å². The number of hydrogen-bond acceptors (Lipinski definition) is 5. The first-order valence-corrected chi connectivity index (χ1v) is 10.9. The third-order valence-corrected chi connectivity index (χ3v) is 5.23. The van der Waals surface area contributed by atoms with Crippen LogP contribution in [0.3, 0.4) is 0 Å². The first-order chi connectivity index (χ1) is 16.2.